The van der Waals surface area contributed by atoms with Crippen molar-refractivity contribution in [3.05, 3.63) is 29.8 Å². The third-order valence-electron chi connectivity index (χ3n) is 3.67. The maximum Gasteiger partial charge on any atom is 0.246 e. The average molecular weight is 247 g/mol. The highest BCUT2D eigenvalue weighted by molar-refractivity contribution is 6.02. The molecule has 2 atom stereocenters. The molecule has 0 saturated heterocycles. The van der Waals surface area contributed by atoms with Gasteiger partial charge in [0.2, 0.25) is 5.91 Å². The number of carbonyl (C=O) groups is 1. The van der Waals surface area contributed by atoms with E-state index in [0.29, 0.717) is 6.54 Å². The third-order valence-corrected chi connectivity index (χ3v) is 3.67. The number of hydrogen-bond donors (Lipinski definition) is 2. The molecule has 2 unspecified atom stereocenters. The molecule has 2 rings (SSSR count). The van der Waals surface area contributed by atoms with Crippen LogP contribution in [0.3, 0.4) is 0 Å². The zero-order chi connectivity index (χ0) is 13.1. The monoisotopic (exact) mass is 247 g/mol. The lowest BCUT2D eigenvalue weighted by molar-refractivity contribution is -0.121. The second-order valence-electron chi connectivity index (χ2n) is 4.61. The van der Waals surface area contributed by atoms with Gasteiger partial charge in [0.15, 0.2) is 0 Å². The van der Waals surface area contributed by atoms with E-state index < -0.39 is 0 Å². The van der Waals surface area contributed by atoms with Crippen molar-refractivity contribution in [2.75, 3.05) is 18.4 Å². The molecule has 0 saturated carbocycles. The van der Waals surface area contributed by atoms with Gasteiger partial charge in [0, 0.05) is 23.8 Å². The lowest BCUT2D eigenvalue weighted by atomic mass is 10.0. The van der Waals surface area contributed by atoms with Crippen LogP contribution in [-0.2, 0) is 4.79 Å². The van der Waals surface area contributed by atoms with Crippen molar-refractivity contribution in [1.29, 1.82) is 0 Å². The van der Waals surface area contributed by atoms with Crippen molar-refractivity contribution in [2.24, 2.45) is 5.73 Å². The van der Waals surface area contributed by atoms with Crippen LogP contribution < -0.4 is 11.1 Å². The lowest BCUT2D eigenvalue weighted by Crippen LogP contribution is -2.44. The molecule has 1 aromatic rings. The Hall–Kier alpha value is -1.39. The van der Waals surface area contributed by atoms with E-state index in [1.165, 1.54) is 0 Å². The summed E-state index contributed by atoms with van der Waals surface area (Å²) < 4.78 is 0. The average Bonchev–Trinajstić information content (AvgIpc) is 2.72. The SMILES string of the molecule is CCC(CN)N(CC)C1C(=O)Nc2ccccc21. The third kappa shape index (κ3) is 2.13. The fourth-order valence-electron chi connectivity index (χ4n) is 2.71. The molecule has 0 aliphatic carbocycles. The normalized spacial score (nSPS) is 19.8. The number of para-hydroxylation sites is 1. The van der Waals surface area contributed by atoms with E-state index in [4.69, 9.17) is 5.73 Å². The first kappa shape index (κ1) is 13.1. The predicted molar refractivity (Wildman–Crippen MR) is 73.3 cm³/mol. The number of hydrogen-bond acceptors (Lipinski definition) is 3. The second-order valence-corrected chi connectivity index (χ2v) is 4.61. The predicted octanol–water partition coefficient (Wildman–Crippen LogP) is 1.74. The number of nitrogens with two attached hydrogens (primary N) is 1. The first-order valence-corrected chi connectivity index (χ1v) is 6.58. The molecule has 0 radical (unpaired) electrons. The van der Waals surface area contributed by atoms with Crippen LogP contribution in [0.25, 0.3) is 0 Å². The van der Waals surface area contributed by atoms with E-state index in [9.17, 15) is 4.79 Å². The highest BCUT2D eigenvalue weighted by atomic mass is 16.2. The summed E-state index contributed by atoms with van der Waals surface area (Å²) in [7, 11) is 0. The number of nitrogens with zero attached hydrogens (tertiary/aromatic N) is 1. The Bertz CT molecular complexity index is 429. The van der Waals surface area contributed by atoms with Crippen LogP contribution in [0.2, 0.25) is 0 Å². The van der Waals surface area contributed by atoms with Gasteiger partial charge in [-0.1, -0.05) is 32.0 Å². The van der Waals surface area contributed by atoms with Gasteiger partial charge in [-0.3, -0.25) is 9.69 Å². The number of benzene rings is 1. The van der Waals surface area contributed by atoms with Gasteiger partial charge in [-0.25, -0.2) is 0 Å². The maximum absolute atomic E-state index is 12.2. The first-order valence-electron chi connectivity index (χ1n) is 6.58. The summed E-state index contributed by atoms with van der Waals surface area (Å²) in [4.78, 5) is 14.4. The molecule has 0 bridgehead atoms. The molecule has 1 aromatic carbocycles. The number of anilines is 1. The van der Waals surface area contributed by atoms with Crippen LogP contribution in [0.4, 0.5) is 5.69 Å². The smallest absolute Gasteiger partial charge is 0.246 e. The van der Waals surface area contributed by atoms with Gasteiger partial charge >= 0.3 is 0 Å². The largest absolute Gasteiger partial charge is 0.329 e. The molecule has 3 N–H and O–H groups in total. The van der Waals surface area contributed by atoms with Gasteiger partial charge < -0.3 is 11.1 Å². The van der Waals surface area contributed by atoms with Crippen molar-refractivity contribution in [1.82, 2.24) is 4.90 Å². The molecule has 4 nitrogen and oxygen atoms in total. The Labute approximate surface area is 108 Å². The fourth-order valence-corrected chi connectivity index (χ4v) is 2.71. The Morgan fingerprint density at radius 3 is 2.72 bits per heavy atom. The quantitative estimate of drug-likeness (QED) is 0.833. The van der Waals surface area contributed by atoms with Gasteiger partial charge in [0.05, 0.1) is 0 Å². The zero-order valence-corrected chi connectivity index (χ0v) is 11.0. The van der Waals surface area contributed by atoms with Crippen LogP contribution in [-0.4, -0.2) is 29.9 Å². The molecule has 1 aliphatic heterocycles. The Balaban J connectivity index is 2.34. The van der Waals surface area contributed by atoms with E-state index in [-0.39, 0.29) is 18.0 Å². The lowest BCUT2D eigenvalue weighted by Gasteiger charge is -2.33. The van der Waals surface area contributed by atoms with Crippen molar-refractivity contribution < 1.29 is 4.79 Å². The van der Waals surface area contributed by atoms with E-state index in [0.717, 1.165) is 24.2 Å². The summed E-state index contributed by atoms with van der Waals surface area (Å²) in [6.07, 6.45) is 0.955. The van der Waals surface area contributed by atoms with Gasteiger partial charge in [0.25, 0.3) is 0 Å². The summed E-state index contributed by atoms with van der Waals surface area (Å²) in [5.74, 6) is 0.0601. The fraction of sp³-hybridized carbons (Fsp3) is 0.500. The van der Waals surface area contributed by atoms with E-state index in [1.54, 1.807) is 0 Å². The zero-order valence-electron chi connectivity index (χ0n) is 11.0. The number of rotatable bonds is 5. The second kappa shape index (κ2) is 5.50. The number of nitrogens with one attached hydrogen (secondary N) is 1. The molecule has 4 heteroatoms. The molecule has 1 aliphatic rings. The number of likely N-dealkylation sites (N-methyl/N-ethyl adjacent to an activating group) is 1. The summed E-state index contributed by atoms with van der Waals surface area (Å²) >= 11 is 0. The molecular weight excluding hydrogens is 226 g/mol. The molecule has 18 heavy (non-hydrogen) atoms. The minimum Gasteiger partial charge on any atom is -0.329 e. The molecule has 98 valence electrons. The number of amides is 1. The molecule has 0 fully saturated rings. The van der Waals surface area contributed by atoms with Crippen molar-refractivity contribution in [3.63, 3.8) is 0 Å². The van der Waals surface area contributed by atoms with Crippen molar-refractivity contribution in [3.8, 4) is 0 Å². The number of fused-ring (bicyclic) bond motifs is 1. The topological polar surface area (TPSA) is 58.4 Å². The first-order chi connectivity index (χ1) is 8.72. The molecule has 0 spiro atoms. The minimum absolute atomic E-state index is 0.0601. The minimum atomic E-state index is -0.195. The van der Waals surface area contributed by atoms with Crippen LogP contribution in [0.5, 0.6) is 0 Å². The van der Waals surface area contributed by atoms with Crippen molar-refractivity contribution >= 4 is 11.6 Å². The van der Waals surface area contributed by atoms with E-state index in [2.05, 4.69) is 24.1 Å². The molecule has 1 heterocycles. The van der Waals surface area contributed by atoms with E-state index >= 15 is 0 Å². The molecular formula is C14H21N3O. The van der Waals surface area contributed by atoms with Gasteiger partial charge in [-0.05, 0) is 19.0 Å². The Morgan fingerprint density at radius 1 is 1.39 bits per heavy atom. The summed E-state index contributed by atoms with van der Waals surface area (Å²) in [6.45, 7) is 5.59. The Morgan fingerprint density at radius 2 is 2.11 bits per heavy atom. The standard InChI is InChI=1S/C14H21N3O/c1-3-10(9-15)17(4-2)13-11-7-5-6-8-12(11)16-14(13)18/h5-8,10,13H,3-4,9,15H2,1-2H3,(H,16,18). The van der Waals surface area contributed by atoms with Crippen molar-refractivity contribution in [2.45, 2.75) is 32.4 Å². The summed E-state index contributed by atoms with van der Waals surface area (Å²) in [5.41, 5.74) is 7.81. The van der Waals surface area contributed by atoms with Gasteiger partial charge in [-0.15, -0.1) is 0 Å². The molecule has 1 amide bonds. The number of carbonyl (C=O) groups excluding carboxylic acids is 1. The van der Waals surface area contributed by atoms with Gasteiger partial charge in [-0.2, -0.15) is 0 Å². The van der Waals surface area contributed by atoms with Crippen LogP contribution in [0, 0.1) is 0 Å². The van der Waals surface area contributed by atoms with Crippen LogP contribution in [0.15, 0.2) is 24.3 Å². The molecule has 0 aromatic heterocycles. The highest BCUT2D eigenvalue weighted by Crippen LogP contribution is 2.35. The summed E-state index contributed by atoms with van der Waals surface area (Å²) in [6, 6.07) is 7.94. The van der Waals surface area contributed by atoms with E-state index in [1.807, 2.05) is 24.3 Å². The Kier molecular flexibility index (Phi) is 3.99. The summed E-state index contributed by atoms with van der Waals surface area (Å²) in [5, 5.41) is 2.94. The van der Waals surface area contributed by atoms with Crippen LogP contribution >= 0.6 is 0 Å². The highest BCUT2D eigenvalue weighted by Gasteiger charge is 2.36. The van der Waals surface area contributed by atoms with Gasteiger partial charge in [0.1, 0.15) is 6.04 Å². The maximum atomic E-state index is 12.2. The van der Waals surface area contributed by atoms with Crippen LogP contribution in [0.1, 0.15) is 31.9 Å².